The normalized spacial score (nSPS) is 14.6. The molecule has 5 aromatic heterocycles. The lowest BCUT2D eigenvalue weighted by Gasteiger charge is -2.40. The number of hydrogen-bond donors (Lipinski definition) is 2. The molecule has 0 radical (unpaired) electrons. The number of amides is 1. The summed E-state index contributed by atoms with van der Waals surface area (Å²) in [5.74, 6) is 0.685. The summed E-state index contributed by atoms with van der Waals surface area (Å²) in [5.41, 5.74) is 3.02. The minimum atomic E-state index is -1.19. The van der Waals surface area contributed by atoms with E-state index in [2.05, 4.69) is 30.5 Å². The molecule has 43 heavy (non-hydrogen) atoms. The number of halogens is 1. The van der Waals surface area contributed by atoms with Crippen LogP contribution in [0.2, 0.25) is 0 Å². The molecule has 0 spiro atoms. The predicted molar refractivity (Wildman–Crippen MR) is 161 cm³/mol. The highest BCUT2D eigenvalue weighted by Crippen LogP contribution is 2.34. The van der Waals surface area contributed by atoms with E-state index in [1.165, 1.54) is 6.20 Å². The van der Waals surface area contributed by atoms with Crippen molar-refractivity contribution in [3.63, 3.8) is 0 Å². The van der Waals surface area contributed by atoms with Crippen molar-refractivity contribution in [2.45, 2.75) is 38.1 Å². The number of nitrogens with one attached hydrogen (secondary N) is 2. The Balaban J connectivity index is 1.24. The van der Waals surface area contributed by atoms with Gasteiger partial charge in [0.15, 0.2) is 5.65 Å². The van der Waals surface area contributed by atoms with Gasteiger partial charge in [0.05, 0.1) is 36.5 Å². The number of rotatable bonds is 9. The lowest BCUT2D eigenvalue weighted by molar-refractivity contribution is -0.151. The van der Waals surface area contributed by atoms with Crippen LogP contribution >= 0.6 is 11.6 Å². The van der Waals surface area contributed by atoms with Crippen LogP contribution in [-0.4, -0.2) is 73.5 Å². The van der Waals surface area contributed by atoms with Gasteiger partial charge in [-0.05, 0) is 56.5 Å². The second kappa shape index (κ2) is 11.9. The first-order chi connectivity index (χ1) is 21.0. The second-order valence-electron chi connectivity index (χ2n) is 10.2. The van der Waals surface area contributed by atoms with Gasteiger partial charge in [-0.3, -0.25) is 14.9 Å². The lowest BCUT2D eigenvalue weighted by atomic mass is 9.87. The van der Waals surface area contributed by atoms with Crippen LogP contribution in [0.3, 0.4) is 0 Å². The molecule has 1 fully saturated rings. The number of carbonyl (C=O) groups excluding carboxylic acids is 2. The number of piperidine rings is 1. The van der Waals surface area contributed by atoms with Crippen molar-refractivity contribution in [3.05, 3.63) is 66.4 Å². The zero-order valence-electron chi connectivity index (χ0n) is 23.8. The maximum absolute atomic E-state index is 13.2. The topological polar surface area (TPSA) is 140 Å². The summed E-state index contributed by atoms with van der Waals surface area (Å²) < 4.78 is 13.0. The molecule has 1 amide bonds. The van der Waals surface area contributed by atoms with Crippen molar-refractivity contribution in [1.82, 2.24) is 35.1 Å². The number of esters is 1. The molecule has 2 N–H and O–H groups in total. The van der Waals surface area contributed by atoms with Gasteiger partial charge in [-0.25, -0.2) is 14.3 Å². The average Bonchev–Trinajstić information content (AvgIpc) is 3.63. The van der Waals surface area contributed by atoms with E-state index < -0.39 is 17.4 Å². The van der Waals surface area contributed by atoms with E-state index in [4.69, 9.17) is 26.1 Å². The molecule has 0 aromatic carbocycles. The van der Waals surface area contributed by atoms with E-state index in [-0.39, 0.29) is 18.2 Å². The number of nitrogens with zero attached hydrogens (tertiary/aromatic N) is 6. The summed E-state index contributed by atoms with van der Waals surface area (Å²) in [4.78, 5) is 37.5. The fourth-order valence-electron chi connectivity index (χ4n) is 5.53. The molecule has 0 unspecified atom stereocenters. The number of fused-ring (bicyclic) bond motifs is 3. The molecule has 6 rings (SSSR count). The van der Waals surface area contributed by atoms with E-state index in [0.29, 0.717) is 49.5 Å². The number of carbonyl (C=O) groups is 2. The molecule has 12 nitrogen and oxygen atoms in total. The molecule has 13 heteroatoms. The first-order valence-corrected chi connectivity index (χ1v) is 14.7. The molecule has 1 aliphatic rings. The van der Waals surface area contributed by atoms with Crippen LogP contribution in [0.1, 0.15) is 42.7 Å². The van der Waals surface area contributed by atoms with E-state index in [1.54, 1.807) is 29.8 Å². The Bertz CT molecular complexity index is 1780. The molecule has 0 saturated carbocycles. The van der Waals surface area contributed by atoms with Crippen molar-refractivity contribution >= 4 is 45.8 Å². The fraction of sp³-hybridized carbons (Fsp3) is 0.333. The van der Waals surface area contributed by atoms with Crippen LogP contribution in [0.5, 0.6) is 5.75 Å². The molecule has 6 heterocycles. The first kappa shape index (κ1) is 28.4. The predicted octanol–water partition coefficient (Wildman–Crippen LogP) is 4.14. The Morgan fingerprint density at radius 3 is 2.67 bits per heavy atom. The summed E-state index contributed by atoms with van der Waals surface area (Å²) in [6.45, 7) is 5.39. The highest BCUT2D eigenvalue weighted by Gasteiger charge is 2.45. The van der Waals surface area contributed by atoms with Gasteiger partial charge in [0.2, 0.25) is 0 Å². The highest BCUT2D eigenvalue weighted by atomic mass is 35.5. The number of aromatic nitrogens is 6. The van der Waals surface area contributed by atoms with Crippen molar-refractivity contribution in [2.75, 3.05) is 31.2 Å². The lowest BCUT2D eigenvalue weighted by Crippen LogP contribution is -2.61. The summed E-state index contributed by atoms with van der Waals surface area (Å²) >= 11 is 6.03. The van der Waals surface area contributed by atoms with Gasteiger partial charge < -0.3 is 19.7 Å². The van der Waals surface area contributed by atoms with Crippen LogP contribution < -0.4 is 15.0 Å². The number of H-pyrrole nitrogens is 1. The monoisotopic (exact) mass is 602 g/mol. The summed E-state index contributed by atoms with van der Waals surface area (Å²) in [6.07, 6.45) is 7.65. The molecule has 0 aliphatic carbocycles. The van der Waals surface area contributed by atoms with Crippen LogP contribution in [-0.2, 0) is 15.4 Å². The van der Waals surface area contributed by atoms with Crippen LogP contribution in [0.25, 0.3) is 27.7 Å². The largest absolute Gasteiger partial charge is 0.492 e. The van der Waals surface area contributed by atoms with Crippen LogP contribution in [0.4, 0.5) is 5.82 Å². The van der Waals surface area contributed by atoms with Gasteiger partial charge in [-0.1, -0.05) is 6.07 Å². The van der Waals surface area contributed by atoms with Gasteiger partial charge in [-0.2, -0.15) is 5.10 Å². The zero-order chi connectivity index (χ0) is 30.0. The van der Waals surface area contributed by atoms with Crippen molar-refractivity contribution in [3.8, 4) is 16.9 Å². The number of pyridine rings is 3. The Morgan fingerprint density at radius 2 is 1.95 bits per heavy atom. The molecular formula is C30H31ClN8O4. The third-order valence-electron chi connectivity index (χ3n) is 7.68. The molecular weight excluding hydrogens is 572 g/mol. The smallest absolute Gasteiger partial charge is 0.331 e. The Labute approximate surface area is 252 Å². The van der Waals surface area contributed by atoms with E-state index in [1.807, 2.05) is 37.5 Å². The van der Waals surface area contributed by atoms with Gasteiger partial charge in [0, 0.05) is 42.5 Å². The van der Waals surface area contributed by atoms with Gasteiger partial charge in [0.1, 0.15) is 22.8 Å². The number of hydrogen-bond acceptors (Lipinski definition) is 9. The van der Waals surface area contributed by atoms with E-state index >= 15 is 0 Å². The van der Waals surface area contributed by atoms with Gasteiger partial charge >= 0.3 is 5.97 Å². The minimum absolute atomic E-state index is 0.133. The molecule has 0 atom stereocenters. The molecule has 0 bridgehead atoms. The summed E-state index contributed by atoms with van der Waals surface area (Å²) in [5, 5.41) is 15.5. The number of ether oxygens (including phenoxy) is 2. The second-order valence-corrected chi connectivity index (χ2v) is 10.5. The van der Waals surface area contributed by atoms with Crippen molar-refractivity contribution in [2.24, 2.45) is 0 Å². The zero-order valence-corrected chi connectivity index (χ0v) is 24.6. The summed E-state index contributed by atoms with van der Waals surface area (Å²) in [7, 11) is 0. The molecule has 1 saturated heterocycles. The molecule has 1 aliphatic heterocycles. The van der Waals surface area contributed by atoms with E-state index in [0.717, 1.165) is 27.8 Å². The minimum Gasteiger partial charge on any atom is -0.492 e. The van der Waals surface area contributed by atoms with Gasteiger partial charge in [0.25, 0.3) is 5.91 Å². The first-order valence-electron chi connectivity index (χ1n) is 14.2. The Kier molecular flexibility index (Phi) is 7.85. The third-order valence-corrected chi connectivity index (χ3v) is 7.97. The average molecular weight is 603 g/mol. The Hall–Kier alpha value is -4.71. The van der Waals surface area contributed by atoms with E-state index in [9.17, 15) is 9.59 Å². The SMILES string of the molecule is CCOC(=O)C1(NC(=O)c2ncccc2CCl)CCN(c2ccc(-c3cc(OCC)cn4nc5[nH]ncc5c34)cn2)CC1. The molecule has 5 aromatic rings. The van der Waals surface area contributed by atoms with Crippen LogP contribution in [0, 0.1) is 0 Å². The van der Waals surface area contributed by atoms with Crippen LogP contribution in [0.15, 0.2) is 55.1 Å². The Morgan fingerprint density at radius 1 is 1.12 bits per heavy atom. The summed E-state index contributed by atoms with van der Waals surface area (Å²) in [6, 6.07) is 9.41. The maximum atomic E-state index is 13.2. The number of anilines is 1. The number of aromatic amines is 1. The third kappa shape index (κ3) is 5.34. The quantitative estimate of drug-likeness (QED) is 0.188. The van der Waals surface area contributed by atoms with Gasteiger partial charge in [-0.15, -0.1) is 16.7 Å². The van der Waals surface area contributed by atoms with Crippen molar-refractivity contribution in [1.29, 1.82) is 0 Å². The standard InChI is InChI=1S/C30H31ClN8O4/c1-3-42-21-14-22(26-23-17-34-36-27(23)37-39(26)18-21)20-7-8-24(33-16-20)38-12-9-30(10-13-38,29(41)43-4-2)35-28(40)25-19(15-31)6-5-11-32-25/h5-8,11,14,16-18H,3-4,9-10,12-13,15H2,1-2H3,(H,35,40)(H,36,37). The fourth-order valence-corrected chi connectivity index (χ4v) is 5.75. The maximum Gasteiger partial charge on any atom is 0.331 e. The van der Waals surface area contributed by atoms with Crippen molar-refractivity contribution < 1.29 is 19.1 Å². The highest BCUT2D eigenvalue weighted by molar-refractivity contribution is 6.17. The number of alkyl halides is 1. The molecule has 222 valence electrons.